The van der Waals surface area contributed by atoms with Crippen LogP contribution in [0.1, 0.15) is 13.3 Å². The molecular weight excluding hydrogens is 268 g/mol. The van der Waals surface area contributed by atoms with Crippen LogP contribution in [0.25, 0.3) is 11.3 Å². The van der Waals surface area contributed by atoms with Crippen molar-refractivity contribution in [2.75, 3.05) is 18.0 Å². The molecule has 0 radical (unpaired) electrons. The van der Waals surface area contributed by atoms with Crippen LogP contribution in [0.5, 0.6) is 0 Å². The van der Waals surface area contributed by atoms with E-state index in [4.69, 9.17) is 0 Å². The Hall–Kier alpha value is -2.57. The summed E-state index contributed by atoms with van der Waals surface area (Å²) in [4.78, 5) is 16.6. The number of aromatic amines is 1. The standard InChI is InChI=1S/C14H16N6O/c1-10-2-4-18(8-10)11-6-15-20(9-11)12-7-16-19-5-3-13(21)17-14(12)19/h3,5-7,9-10H,2,4,8H2,1H3,(H,17,21). The van der Waals surface area contributed by atoms with Crippen LogP contribution >= 0.6 is 0 Å². The minimum atomic E-state index is -0.148. The molecule has 0 aromatic carbocycles. The molecular formula is C14H16N6O. The van der Waals surface area contributed by atoms with Gasteiger partial charge in [-0.2, -0.15) is 10.2 Å². The van der Waals surface area contributed by atoms with Crippen LogP contribution in [0.2, 0.25) is 0 Å². The van der Waals surface area contributed by atoms with Gasteiger partial charge in [0.1, 0.15) is 5.69 Å². The summed E-state index contributed by atoms with van der Waals surface area (Å²) in [7, 11) is 0. The summed E-state index contributed by atoms with van der Waals surface area (Å²) in [6.07, 6.45) is 8.41. The molecule has 0 saturated carbocycles. The molecule has 1 fully saturated rings. The number of hydrogen-bond acceptors (Lipinski definition) is 4. The Morgan fingerprint density at radius 1 is 1.33 bits per heavy atom. The van der Waals surface area contributed by atoms with E-state index in [2.05, 4.69) is 27.0 Å². The van der Waals surface area contributed by atoms with E-state index >= 15 is 0 Å². The smallest absolute Gasteiger partial charge is 0.251 e. The number of anilines is 1. The average molecular weight is 284 g/mol. The summed E-state index contributed by atoms with van der Waals surface area (Å²) in [5.41, 5.74) is 2.38. The van der Waals surface area contributed by atoms with Crippen molar-refractivity contribution in [3.8, 4) is 5.69 Å². The highest BCUT2D eigenvalue weighted by molar-refractivity contribution is 5.58. The van der Waals surface area contributed by atoms with Crippen LogP contribution in [0.3, 0.4) is 0 Å². The van der Waals surface area contributed by atoms with Crippen molar-refractivity contribution in [2.24, 2.45) is 5.92 Å². The van der Waals surface area contributed by atoms with E-state index in [1.54, 1.807) is 21.6 Å². The lowest BCUT2D eigenvalue weighted by Crippen LogP contribution is -2.18. The van der Waals surface area contributed by atoms with Gasteiger partial charge in [-0.3, -0.25) is 4.79 Å². The van der Waals surface area contributed by atoms with Crippen LogP contribution in [-0.2, 0) is 0 Å². The van der Waals surface area contributed by atoms with Gasteiger partial charge in [0, 0.05) is 25.4 Å². The van der Waals surface area contributed by atoms with Crippen LogP contribution in [0.4, 0.5) is 5.69 Å². The number of nitrogens with one attached hydrogen (secondary N) is 1. The van der Waals surface area contributed by atoms with Crippen molar-refractivity contribution < 1.29 is 0 Å². The second-order valence-electron chi connectivity index (χ2n) is 5.61. The summed E-state index contributed by atoms with van der Waals surface area (Å²) in [6, 6.07) is 1.45. The van der Waals surface area contributed by atoms with Gasteiger partial charge in [-0.25, -0.2) is 9.20 Å². The number of aromatic nitrogens is 5. The Bertz CT molecular complexity index is 844. The lowest BCUT2D eigenvalue weighted by atomic mass is 10.2. The van der Waals surface area contributed by atoms with E-state index in [1.165, 1.54) is 12.5 Å². The molecule has 1 N–H and O–H groups in total. The largest absolute Gasteiger partial charge is 0.369 e. The minimum Gasteiger partial charge on any atom is -0.369 e. The first kappa shape index (κ1) is 12.2. The Labute approximate surface area is 120 Å². The Balaban J connectivity index is 1.74. The SMILES string of the molecule is CC1CCN(c2cnn(-c3cnn4ccc(=O)[nH]c34)c2)C1. The quantitative estimate of drug-likeness (QED) is 0.763. The van der Waals surface area contributed by atoms with Gasteiger partial charge in [0.25, 0.3) is 5.56 Å². The molecule has 7 heteroatoms. The minimum absolute atomic E-state index is 0.148. The Morgan fingerprint density at radius 2 is 2.24 bits per heavy atom. The maximum Gasteiger partial charge on any atom is 0.251 e. The first-order chi connectivity index (χ1) is 10.2. The highest BCUT2D eigenvalue weighted by Crippen LogP contribution is 2.24. The molecule has 0 bridgehead atoms. The van der Waals surface area contributed by atoms with E-state index in [0.29, 0.717) is 5.65 Å². The number of fused-ring (bicyclic) bond motifs is 1. The van der Waals surface area contributed by atoms with Gasteiger partial charge < -0.3 is 9.88 Å². The second-order valence-corrected chi connectivity index (χ2v) is 5.61. The molecule has 1 aliphatic rings. The van der Waals surface area contributed by atoms with Gasteiger partial charge in [0.2, 0.25) is 0 Å². The molecule has 4 rings (SSSR count). The van der Waals surface area contributed by atoms with Crippen LogP contribution in [0, 0.1) is 5.92 Å². The molecule has 3 aromatic heterocycles. The van der Waals surface area contributed by atoms with Gasteiger partial charge in [-0.1, -0.05) is 6.92 Å². The summed E-state index contributed by atoms with van der Waals surface area (Å²) in [5, 5.41) is 8.63. The maximum absolute atomic E-state index is 11.5. The number of rotatable bonds is 2. The van der Waals surface area contributed by atoms with Gasteiger partial charge in [-0.15, -0.1) is 0 Å². The molecule has 1 aliphatic heterocycles. The summed E-state index contributed by atoms with van der Waals surface area (Å²) >= 11 is 0. The Morgan fingerprint density at radius 3 is 3.05 bits per heavy atom. The lowest BCUT2D eigenvalue weighted by molar-refractivity contribution is 0.659. The van der Waals surface area contributed by atoms with E-state index in [0.717, 1.165) is 30.4 Å². The van der Waals surface area contributed by atoms with E-state index in [-0.39, 0.29) is 5.56 Å². The van der Waals surface area contributed by atoms with E-state index < -0.39 is 0 Å². The molecule has 4 heterocycles. The molecule has 0 amide bonds. The van der Waals surface area contributed by atoms with Crippen molar-refractivity contribution in [1.82, 2.24) is 24.4 Å². The topological polar surface area (TPSA) is 71.2 Å². The third-order valence-electron chi connectivity index (χ3n) is 3.99. The molecule has 0 spiro atoms. The third kappa shape index (κ3) is 2.01. The van der Waals surface area contributed by atoms with Crippen molar-refractivity contribution in [3.63, 3.8) is 0 Å². The van der Waals surface area contributed by atoms with E-state index in [1.807, 2.05) is 12.4 Å². The number of hydrogen-bond donors (Lipinski definition) is 1. The van der Waals surface area contributed by atoms with Crippen LogP contribution in [-0.4, -0.2) is 37.5 Å². The fourth-order valence-corrected chi connectivity index (χ4v) is 2.83. The molecule has 1 unspecified atom stereocenters. The predicted molar refractivity (Wildman–Crippen MR) is 78.9 cm³/mol. The molecule has 1 atom stereocenters. The fourth-order valence-electron chi connectivity index (χ4n) is 2.83. The van der Waals surface area contributed by atoms with Gasteiger partial charge in [0.15, 0.2) is 5.65 Å². The number of H-pyrrole nitrogens is 1. The monoisotopic (exact) mass is 284 g/mol. The highest BCUT2D eigenvalue weighted by Gasteiger charge is 2.20. The van der Waals surface area contributed by atoms with Crippen molar-refractivity contribution in [2.45, 2.75) is 13.3 Å². The molecule has 108 valence electrons. The Kier molecular flexibility index (Phi) is 2.60. The van der Waals surface area contributed by atoms with Crippen molar-refractivity contribution in [3.05, 3.63) is 41.2 Å². The molecule has 21 heavy (non-hydrogen) atoms. The lowest BCUT2D eigenvalue weighted by Gasteiger charge is -2.14. The summed E-state index contributed by atoms with van der Waals surface area (Å²) < 4.78 is 3.40. The summed E-state index contributed by atoms with van der Waals surface area (Å²) in [5.74, 6) is 0.724. The average Bonchev–Trinajstić information content (AvgIpc) is 3.16. The second kappa shape index (κ2) is 4.47. The predicted octanol–water partition coefficient (Wildman–Crippen LogP) is 1.05. The van der Waals surface area contributed by atoms with Crippen molar-refractivity contribution >= 4 is 11.3 Å². The highest BCUT2D eigenvalue weighted by atomic mass is 16.1. The third-order valence-corrected chi connectivity index (χ3v) is 3.99. The molecule has 3 aromatic rings. The maximum atomic E-state index is 11.5. The molecule has 7 nitrogen and oxygen atoms in total. The van der Waals surface area contributed by atoms with Gasteiger partial charge >= 0.3 is 0 Å². The zero-order valence-corrected chi connectivity index (χ0v) is 11.7. The molecule has 0 aliphatic carbocycles. The van der Waals surface area contributed by atoms with Crippen molar-refractivity contribution in [1.29, 1.82) is 0 Å². The first-order valence-electron chi connectivity index (χ1n) is 7.07. The van der Waals surface area contributed by atoms with Crippen LogP contribution in [0.15, 0.2) is 35.6 Å². The number of nitrogens with zero attached hydrogens (tertiary/aromatic N) is 5. The van der Waals surface area contributed by atoms with Crippen LogP contribution < -0.4 is 10.5 Å². The summed E-state index contributed by atoms with van der Waals surface area (Å²) in [6.45, 7) is 4.40. The van der Waals surface area contributed by atoms with Gasteiger partial charge in [0.05, 0.1) is 24.3 Å². The normalized spacial score (nSPS) is 18.7. The zero-order chi connectivity index (χ0) is 14.4. The van der Waals surface area contributed by atoms with E-state index in [9.17, 15) is 4.79 Å². The van der Waals surface area contributed by atoms with Gasteiger partial charge in [-0.05, 0) is 12.3 Å². The fraction of sp³-hybridized carbons (Fsp3) is 0.357. The first-order valence-corrected chi connectivity index (χ1v) is 7.07. The molecule has 1 saturated heterocycles. The zero-order valence-electron chi connectivity index (χ0n) is 11.7.